The topological polar surface area (TPSA) is 58.1 Å². The molecule has 0 aliphatic carbocycles. The fourth-order valence-electron chi connectivity index (χ4n) is 2.82. The molecule has 1 aliphatic heterocycles. The van der Waals surface area contributed by atoms with Crippen molar-refractivity contribution in [1.29, 1.82) is 0 Å². The Balaban J connectivity index is 1.51. The Labute approximate surface area is 151 Å². The Morgan fingerprint density at radius 1 is 1.33 bits per heavy atom. The zero-order valence-corrected chi connectivity index (χ0v) is 15.1. The molecule has 2 aromatic heterocycles. The molecule has 24 heavy (non-hydrogen) atoms. The van der Waals surface area contributed by atoms with Crippen LogP contribution in [0.15, 0.2) is 24.5 Å². The molecule has 1 saturated heterocycles. The Kier molecular flexibility index (Phi) is 6.18. The number of aromatic nitrogens is 2. The summed E-state index contributed by atoms with van der Waals surface area (Å²) >= 11 is 7.44. The summed E-state index contributed by atoms with van der Waals surface area (Å²) in [5.41, 5.74) is 0.869. The average Bonchev–Trinajstić information content (AvgIpc) is 3.02. The molecule has 0 spiro atoms. The Hall–Kier alpha value is -1.50. The fourth-order valence-corrected chi connectivity index (χ4v) is 4.02. The molecular formula is C17H21ClN4OS. The van der Waals surface area contributed by atoms with Crippen molar-refractivity contribution >= 4 is 28.8 Å². The lowest BCUT2D eigenvalue weighted by Gasteiger charge is -2.26. The third-order valence-electron chi connectivity index (χ3n) is 4.09. The summed E-state index contributed by atoms with van der Waals surface area (Å²) in [6, 6.07) is 3.74. The summed E-state index contributed by atoms with van der Waals surface area (Å²) in [6.45, 7) is 4.07. The van der Waals surface area contributed by atoms with Gasteiger partial charge in [0.15, 0.2) is 5.15 Å². The highest BCUT2D eigenvalue weighted by molar-refractivity contribution is 7.17. The van der Waals surface area contributed by atoms with E-state index in [9.17, 15) is 4.79 Å². The lowest BCUT2D eigenvalue weighted by Crippen LogP contribution is -2.33. The van der Waals surface area contributed by atoms with Crippen molar-refractivity contribution in [3.63, 3.8) is 0 Å². The number of likely N-dealkylation sites (tertiary alicyclic amines) is 1. The number of thiazole rings is 1. The number of hydrogen-bond acceptors (Lipinski definition) is 5. The SMILES string of the molecule is O=C(NCCCN1CCCCC1)c1sc(-c2cccnc2)nc1Cl. The van der Waals surface area contributed by atoms with E-state index in [1.54, 1.807) is 12.4 Å². The van der Waals surface area contributed by atoms with Gasteiger partial charge in [-0.25, -0.2) is 4.98 Å². The Bertz CT molecular complexity index is 670. The molecule has 128 valence electrons. The van der Waals surface area contributed by atoms with Gasteiger partial charge in [0.05, 0.1) is 0 Å². The molecule has 0 radical (unpaired) electrons. The number of nitrogens with zero attached hydrogens (tertiary/aromatic N) is 3. The van der Waals surface area contributed by atoms with E-state index in [4.69, 9.17) is 11.6 Å². The van der Waals surface area contributed by atoms with Crippen molar-refractivity contribution in [2.24, 2.45) is 0 Å². The van der Waals surface area contributed by atoms with Crippen molar-refractivity contribution < 1.29 is 4.79 Å². The largest absolute Gasteiger partial charge is 0.351 e. The number of halogens is 1. The first-order chi connectivity index (χ1) is 11.7. The van der Waals surface area contributed by atoms with Crippen LogP contribution in [0.2, 0.25) is 5.15 Å². The van der Waals surface area contributed by atoms with Crippen LogP contribution in [0.4, 0.5) is 0 Å². The van der Waals surface area contributed by atoms with Crippen LogP contribution in [0.5, 0.6) is 0 Å². The first kappa shape index (κ1) is 17.3. The number of rotatable bonds is 6. The van der Waals surface area contributed by atoms with Gasteiger partial charge >= 0.3 is 0 Å². The molecule has 7 heteroatoms. The lowest BCUT2D eigenvalue weighted by atomic mass is 10.1. The van der Waals surface area contributed by atoms with Gasteiger partial charge in [-0.2, -0.15) is 0 Å². The minimum Gasteiger partial charge on any atom is -0.351 e. The summed E-state index contributed by atoms with van der Waals surface area (Å²) in [7, 11) is 0. The fraction of sp³-hybridized carbons (Fsp3) is 0.471. The molecule has 3 heterocycles. The van der Waals surface area contributed by atoms with Gasteiger partial charge in [0, 0.05) is 24.5 Å². The van der Waals surface area contributed by atoms with Crippen LogP contribution in [-0.4, -0.2) is 47.0 Å². The zero-order chi connectivity index (χ0) is 16.8. The molecule has 5 nitrogen and oxygen atoms in total. The number of nitrogens with one attached hydrogen (secondary N) is 1. The van der Waals surface area contributed by atoms with E-state index in [1.165, 1.54) is 43.7 Å². The smallest absolute Gasteiger partial charge is 0.264 e. The molecule has 1 N–H and O–H groups in total. The predicted molar refractivity (Wildman–Crippen MR) is 97.6 cm³/mol. The molecule has 1 aliphatic rings. The van der Waals surface area contributed by atoms with Gasteiger partial charge in [-0.1, -0.05) is 18.0 Å². The minimum atomic E-state index is -0.147. The van der Waals surface area contributed by atoms with Crippen LogP contribution in [0.3, 0.4) is 0 Å². The summed E-state index contributed by atoms with van der Waals surface area (Å²) in [5, 5.41) is 3.92. The lowest BCUT2D eigenvalue weighted by molar-refractivity contribution is 0.0955. The standard InChI is InChI=1S/C17H21ClN4OS/c18-15-14(24-17(21-15)13-6-4-7-19-12-13)16(23)20-8-5-11-22-9-2-1-3-10-22/h4,6-7,12H,1-3,5,8-11H2,(H,20,23). The highest BCUT2D eigenvalue weighted by Gasteiger charge is 2.17. The minimum absolute atomic E-state index is 0.147. The number of carbonyl (C=O) groups excluding carboxylic acids is 1. The number of carbonyl (C=O) groups is 1. The first-order valence-electron chi connectivity index (χ1n) is 8.31. The maximum absolute atomic E-state index is 12.3. The van der Waals surface area contributed by atoms with Crippen molar-refractivity contribution in [3.05, 3.63) is 34.6 Å². The van der Waals surface area contributed by atoms with Crippen LogP contribution in [-0.2, 0) is 0 Å². The quantitative estimate of drug-likeness (QED) is 0.797. The Morgan fingerprint density at radius 3 is 2.92 bits per heavy atom. The highest BCUT2D eigenvalue weighted by Crippen LogP contribution is 2.30. The molecule has 0 atom stereocenters. The van der Waals surface area contributed by atoms with Crippen LogP contribution < -0.4 is 5.32 Å². The van der Waals surface area contributed by atoms with Crippen molar-refractivity contribution in [1.82, 2.24) is 20.2 Å². The van der Waals surface area contributed by atoms with Gasteiger partial charge in [0.2, 0.25) is 0 Å². The molecule has 1 fully saturated rings. The van der Waals surface area contributed by atoms with Crippen LogP contribution in [0.1, 0.15) is 35.4 Å². The summed E-state index contributed by atoms with van der Waals surface area (Å²) < 4.78 is 0. The Morgan fingerprint density at radius 2 is 2.17 bits per heavy atom. The van der Waals surface area contributed by atoms with Crippen LogP contribution in [0.25, 0.3) is 10.6 Å². The number of amides is 1. The highest BCUT2D eigenvalue weighted by atomic mass is 35.5. The third-order valence-corrected chi connectivity index (χ3v) is 5.57. The van der Waals surface area contributed by atoms with Gasteiger partial charge in [-0.3, -0.25) is 9.78 Å². The van der Waals surface area contributed by atoms with Crippen molar-refractivity contribution in [2.45, 2.75) is 25.7 Å². The van der Waals surface area contributed by atoms with E-state index in [0.29, 0.717) is 16.4 Å². The van der Waals surface area contributed by atoms with Gasteiger partial charge in [-0.05, 0) is 51.0 Å². The molecule has 0 unspecified atom stereocenters. The maximum Gasteiger partial charge on any atom is 0.264 e. The van der Waals surface area contributed by atoms with E-state index in [1.807, 2.05) is 12.1 Å². The van der Waals surface area contributed by atoms with Gasteiger partial charge < -0.3 is 10.2 Å². The van der Waals surface area contributed by atoms with Gasteiger partial charge in [-0.15, -0.1) is 11.3 Å². The summed E-state index contributed by atoms with van der Waals surface area (Å²) in [4.78, 5) is 23.6. The number of pyridine rings is 1. The van der Waals surface area contributed by atoms with E-state index >= 15 is 0 Å². The average molecular weight is 365 g/mol. The molecule has 1 amide bonds. The molecule has 0 aromatic carbocycles. The second kappa shape index (κ2) is 8.55. The molecule has 3 rings (SSSR count). The first-order valence-corrected chi connectivity index (χ1v) is 9.51. The van der Waals surface area contributed by atoms with Crippen molar-refractivity contribution in [2.75, 3.05) is 26.2 Å². The number of hydrogen-bond donors (Lipinski definition) is 1. The molecular weight excluding hydrogens is 344 g/mol. The van der Waals surface area contributed by atoms with E-state index in [0.717, 1.165) is 18.5 Å². The monoisotopic (exact) mass is 364 g/mol. The summed E-state index contributed by atoms with van der Waals surface area (Å²) in [6.07, 6.45) is 8.30. The molecule has 0 saturated carbocycles. The molecule has 0 bridgehead atoms. The zero-order valence-electron chi connectivity index (χ0n) is 13.5. The van der Waals surface area contributed by atoms with Crippen LogP contribution in [0, 0.1) is 0 Å². The third kappa shape index (κ3) is 4.53. The van der Waals surface area contributed by atoms with E-state index in [2.05, 4.69) is 20.2 Å². The van der Waals surface area contributed by atoms with Gasteiger partial charge in [0.25, 0.3) is 5.91 Å². The molecule has 2 aromatic rings. The predicted octanol–water partition coefficient (Wildman–Crippen LogP) is 3.46. The second-order valence-electron chi connectivity index (χ2n) is 5.89. The van der Waals surface area contributed by atoms with Crippen molar-refractivity contribution in [3.8, 4) is 10.6 Å². The normalized spacial score (nSPS) is 15.4. The van der Waals surface area contributed by atoms with E-state index < -0.39 is 0 Å². The maximum atomic E-state index is 12.3. The number of piperidine rings is 1. The second-order valence-corrected chi connectivity index (χ2v) is 7.25. The van der Waals surface area contributed by atoms with Crippen LogP contribution >= 0.6 is 22.9 Å². The summed E-state index contributed by atoms with van der Waals surface area (Å²) in [5.74, 6) is -0.147. The van der Waals surface area contributed by atoms with Gasteiger partial charge in [0.1, 0.15) is 9.88 Å². The van der Waals surface area contributed by atoms with E-state index in [-0.39, 0.29) is 11.1 Å².